The summed E-state index contributed by atoms with van der Waals surface area (Å²) in [7, 11) is 0. The molecule has 0 aliphatic heterocycles. The minimum Gasteiger partial charge on any atom is -0.369 e. The van der Waals surface area contributed by atoms with Gasteiger partial charge in [0.25, 0.3) is 5.91 Å². The van der Waals surface area contributed by atoms with Gasteiger partial charge in [-0.3, -0.25) is 9.59 Å². The van der Waals surface area contributed by atoms with Crippen LogP contribution in [0.5, 0.6) is 0 Å². The van der Waals surface area contributed by atoms with Crippen molar-refractivity contribution in [1.82, 2.24) is 5.32 Å². The van der Waals surface area contributed by atoms with Crippen LogP contribution in [0.4, 0.5) is 0 Å². The highest BCUT2D eigenvalue weighted by Gasteiger charge is 2.25. The topological polar surface area (TPSA) is 72.2 Å². The second-order valence-electron chi connectivity index (χ2n) is 4.56. The van der Waals surface area contributed by atoms with Crippen LogP contribution in [-0.2, 0) is 4.79 Å². The molecule has 1 aromatic rings. The first-order valence-corrected chi connectivity index (χ1v) is 6.44. The monoisotopic (exact) mass is 332 g/mol. The standard InChI is InChI=1S/C12H14BrClN2O2/c1-12(2,11(15)18)6-16-10(17)7-3-4-9(14)8(13)5-7/h3-5H,6H2,1-2H3,(H2,15,18)(H,16,17). The Hall–Kier alpha value is -1.07. The quantitative estimate of drug-likeness (QED) is 0.887. The van der Waals surface area contributed by atoms with Crippen LogP contribution in [0.15, 0.2) is 22.7 Å². The number of benzene rings is 1. The molecule has 0 aliphatic carbocycles. The maximum absolute atomic E-state index is 11.9. The van der Waals surface area contributed by atoms with Crippen molar-refractivity contribution in [3.8, 4) is 0 Å². The Balaban J connectivity index is 2.72. The zero-order valence-corrected chi connectivity index (χ0v) is 12.4. The van der Waals surface area contributed by atoms with Crippen molar-refractivity contribution in [2.24, 2.45) is 11.1 Å². The molecule has 0 unspecified atom stereocenters. The van der Waals surface area contributed by atoms with E-state index < -0.39 is 11.3 Å². The van der Waals surface area contributed by atoms with Gasteiger partial charge >= 0.3 is 0 Å². The molecule has 0 aromatic heterocycles. The van der Waals surface area contributed by atoms with E-state index in [-0.39, 0.29) is 12.5 Å². The zero-order valence-electron chi connectivity index (χ0n) is 10.1. The van der Waals surface area contributed by atoms with Gasteiger partial charge < -0.3 is 11.1 Å². The molecule has 1 rings (SSSR count). The van der Waals surface area contributed by atoms with Crippen LogP contribution in [0.1, 0.15) is 24.2 Å². The minimum absolute atomic E-state index is 0.182. The van der Waals surface area contributed by atoms with Gasteiger partial charge in [0.2, 0.25) is 5.91 Å². The lowest BCUT2D eigenvalue weighted by Gasteiger charge is -2.20. The summed E-state index contributed by atoms with van der Waals surface area (Å²) in [5.74, 6) is -0.734. The molecule has 0 atom stereocenters. The minimum atomic E-state index is -0.778. The van der Waals surface area contributed by atoms with Crippen LogP contribution in [0.3, 0.4) is 0 Å². The van der Waals surface area contributed by atoms with Gasteiger partial charge in [-0.05, 0) is 48.0 Å². The number of halogens is 2. The van der Waals surface area contributed by atoms with Crippen molar-refractivity contribution in [3.05, 3.63) is 33.3 Å². The highest BCUT2D eigenvalue weighted by atomic mass is 79.9. The van der Waals surface area contributed by atoms with E-state index in [0.717, 1.165) is 0 Å². The fraction of sp³-hybridized carbons (Fsp3) is 0.333. The number of carbonyl (C=O) groups is 2. The molecular formula is C12H14BrClN2O2. The molecule has 3 N–H and O–H groups in total. The Morgan fingerprint density at radius 2 is 2.06 bits per heavy atom. The van der Waals surface area contributed by atoms with Crippen molar-refractivity contribution < 1.29 is 9.59 Å². The van der Waals surface area contributed by atoms with E-state index in [0.29, 0.717) is 15.1 Å². The van der Waals surface area contributed by atoms with Crippen molar-refractivity contribution in [2.45, 2.75) is 13.8 Å². The highest BCUT2D eigenvalue weighted by molar-refractivity contribution is 9.10. The smallest absolute Gasteiger partial charge is 0.251 e. The van der Waals surface area contributed by atoms with Gasteiger partial charge in [0.15, 0.2) is 0 Å². The van der Waals surface area contributed by atoms with Crippen molar-refractivity contribution >= 4 is 39.3 Å². The van der Waals surface area contributed by atoms with Crippen LogP contribution < -0.4 is 11.1 Å². The molecule has 0 bridgehead atoms. The van der Waals surface area contributed by atoms with Crippen LogP contribution >= 0.6 is 27.5 Å². The lowest BCUT2D eigenvalue weighted by atomic mass is 9.92. The summed E-state index contributed by atoms with van der Waals surface area (Å²) in [5.41, 5.74) is 4.91. The van der Waals surface area contributed by atoms with E-state index in [1.807, 2.05) is 0 Å². The predicted molar refractivity (Wildman–Crippen MR) is 74.5 cm³/mol. The predicted octanol–water partition coefficient (Wildman–Crippen LogP) is 2.34. The molecule has 0 spiro atoms. The Bertz CT molecular complexity index is 489. The summed E-state index contributed by atoms with van der Waals surface area (Å²) >= 11 is 9.08. The van der Waals surface area contributed by atoms with Gasteiger partial charge in [-0.15, -0.1) is 0 Å². The number of carbonyl (C=O) groups excluding carboxylic acids is 2. The number of hydrogen-bond acceptors (Lipinski definition) is 2. The molecule has 4 nitrogen and oxygen atoms in total. The van der Waals surface area contributed by atoms with Crippen LogP contribution in [-0.4, -0.2) is 18.4 Å². The molecule has 1 aromatic carbocycles. The molecule has 0 fully saturated rings. The summed E-state index contributed by atoms with van der Waals surface area (Å²) in [6, 6.07) is 4.86. The van der Waals surface area contributed by atoms with E-state index in [9.17, 15) is 9.59 Å². The Labute approximate surface area is 119 Å². The van der Waals surface area contributed by atoms with Crippen LogP contribution in [0.2, 0.25) is 5.02 Å². The van der Waals surface area contributed by atoms with Crippen molar-refractivity contribution in [1.29, 1.82) is 0 Å². The number of hydrogen-bond donors (Lipinski definition) is 2. The third-order valence-corrected chi connectivity index (χ3v) is 3.75. The van der Waals surface area contributed by atoms with Crippen molar-refractivity contribution in [3.63, 3.8) is 0 Å². The number of nitrogens with one attached hydrogen (secondary N) is 1. The fourth-order valence-electron chi connectivity index (χ4n) is 1.13. The van der Waals surface area contributed by atoms with E-state index in [4.69, 9.17) is 17.3 Å². The Kier molecular flexibility index (Phi) is 4.76. The molecule has 2 amide bonds. The summed E-state index contributed by atoms with van der Waals surface area (Å²) in [6.07, 6.45) is 0. The molecule has 0 saturated carbocycles. The number of amides is 2. The Morgan fingerprint density at radius 1 is 1.44 bits per heavy atom. The summed E-state index contributed by atoms with van der Waals surface area (Å²) in [4.78, 5) is 23.0. The molecule has 0 radical (unpaired) electrons. The van der Waals surface area contributed by atoms with Gasteiger partial charge in [0.1, 0.15) is 0 Å². The highest BCUT2D eigenvalue weighted by Crippen LogP contribution is 2.23. The number of nitrogens with two attached hydrogens (primary N) is 1. The summed E-state index contributed by atoms with van der Waals surface area (Å²) in [5, 5.41) is 3.20. The molecular weight excluding hydrogens is 320 g/mol. The first kappa shape index (κ1) is 15.0. The second kappa shape index (κ2) is 5.71. The van der Waals surface area contributed by atoms with E-state index in [1.54, 1.807) is 32.0 Å². The molecule has 98 valence electrons. The van der Waals surface area contributed by atoms with E-state index >= 15 is 0 Å². The third-order valence-electron chi connectivity index (χ3n) is 2.54. The number of primary amides is 1. The molecule has 0 saturated heterocycles. The normalized spacial score (nSPS) is 11.1. The van der Waals surface area contributed by atoms with E-state index in [1.165, 1.54) is 0 Å². The largest absolute Gasteiger partial charge is 0.369 e. The Morgan fingerprint density at radius 3 is 2.56 bits per heavy atom. The van der Waals surface area contributed by atoms with Crippen LogP contribution in [0.25, 0.3) is 0 Å². The molecule has 0 aliphatic rings. The van der Waals surface area contributed by atoms with E-state index in [2.05, 4.69) is 21.2 Å². The van der Waals surface area contributed by atoms with Gasteiger partial charge in [-0.1, -0.05) is 11.6 Å². The average molecular weight is 334 g/mol. The lowest BCUT2D eigenvalue weighted by Crippen LogP contribution is -2.42. The summed E-state index contributed by atoms with van der Waals surface area (Å²) in [6.45, 7) is 3.53. The number of rotatable bonds is 4. The van der Waals surface area contributed by atoms with Gasteiger partial charge in [-0.25, -0.2) is 0 Å². The first-order valence-electron chi connectivity index (χ1n) is 5.27. The SMILES string of the molecule is CC(C)(CNC(=O)c1ccc(Cl)c(Br)c1)C(N)=O. The van der Waals surface area contributed by atoms with Gasteiger partial charge in [0.05, 0.1) is 10.4 Å². The maximum Gasteiger partial charge on any atom is 0.251 e. The fourth-order valence-corrected chi connectivity index (χ4v) is 1.62. The molecule has 18 heavy (non-hydrogen) atoms. The van der Waals surface area contributed by atoms with Gasteiger partial charge in [-0.2, -0.15) is 0 Å². The lowest BCUT2D eigenvalue weighted by molar-refractivity contribution is -0.125. The average Bonchev–Trinajstić information content (AvgIpc) is 2.29. The molecule has 0 heterocycles. The van der Waals surface area contributed by atoms with Gasteiger partial charge in [0, 0.05) is 16.6 Å². The third kappa shape index (κ3) is 3.71. The molecule has 6 heteroatoms. The summed E-state index contributed by atoms with van der Waals surface area (Å²) < 4.78 is 0.644. The van der Waals surface area contributed by atoms with Crippen molar-refractivity contribution in [2.75, 3.05) is 6.54 Å². The maximum atomic E-state index is 11.9. The second-order valence-corrected chi connectivity index (χ2v) is 5.82. The van der Waals surface area contributed by atoms with Crippen LogP contribution in [0, 0.1) is 5.41 Å². The zero-order chi connectivity index (χ0) is 13.9. The first-order chi connectivity index (χ1) is 8.24.